The molecule has 0 radical (unpaired) electrons. The Bertz CT molecular complexity index is 540. The molecule has 0 aromatic heterocycles. The fraction of sp³-hybridized carbons (Fsp3) is 0.200. The van der Waals surface area contributed by atoms with Crippen LogP contribution in [0, 0.1) is 6.92 Å². The van der Waals surface area contributed by atoms with E-state index in [1.807, 2.05) is 30.0 Å². The Morgan fingerprint density at radius 3 is 2.67 bits per heavy atom. The molecule has 0 saturated heterocycles. The third-order valence-corrected chi connectivity index (χ3v) is 3.96. The molecule has 0 heterocycles. The van der Waals surface area contributed by atoms with Gasteiger partial charge in [0.2, 0.25) is 0 Å². The van der Waals surface area contributed by atoms with Crippen LogP contribution in [0.25, 0.3) is 0 Å². The number of hydrogen-bond donors (Lipinski definition) is 1. The lowest BCUT2D eigenvalue weighted by atomic mass is 10.2. The van der Waals surface area contributed by atoms with Gasteiger partial charge in [-0.3, -0.25) is 0 Å². The van der Waals surface area contributed by atoms with Gasteiger partial charge in [0.05, 0.1) is 7.11 Å². The quantitative estimate of drug-likeness (QED) is 0.668. The zero-order valence-corrected chi connectivity index (χ0v) is 11.5. The van der Waals surface area contributed by atoms with E-state index in [1.165, 1.54) is 16.0 Å². The predicted octanol–water partition coefficient (Wildman–Crippen LogP) is 3.88. The van der Waals surface area contributed by atoms with E-state index < -0.39 is 0 Å². The lowest BCUT2D eigenvalue weighted by Gasteiger charge is -2.08. The first-order valence-electron chi connectivity index (χ1n) is 5.81. The number of thioether (sulfide) groups is 1. The first kappa shape index (κ1) is 12.8. The minimum absolute atomic E-state index is 0.745. The fourth-order valence-electron chi connectivity index (χ4n) is 1.77. The zero-order valence-electron chi connectivity index (χ0n) is 10.6. The van der Waals surface area contributed by atoms with E-state index in [0.29, 0.717) is 0 Å². The van der Waals surface area contributed by atoms with Gasteiger partial charge < -0.3 is 10.5 Å². The van der Waals surface area contributed by atoms with E-state index in [-0.39, 0.29) is 0 Å². The minimum atomic E-state index is 0.745. The van der Waals surface area contributed by atoms with E-state index >= 15 is 0 Å². The van der Waals surface area contributed by atoms with E-state index in [2.05, 4.69) is 31.2 Å². The Kier molecular flexibility index (Phi) is 4.15. The van der Waals surface area contributed by atoms with Crippen LogP contribution in [0.3, 0.4) is 0 Å². The van der Waals surface area contributed by atoms with Crippen molar-refractivity contribution in [2.75, 3.05) is 12.8 Å². The molecule has 0 aliphatic rings. The summed E-state index contributed by atoms with van der Waals surface area (Å²) in [7, 11) is 1.66. The molecule has 94 valence electrons. The summed E-state index contributed by atoms with van der Waals surface area (Å²) < 4.78 is 5.22. The van der Waals surface area contributed by atoms with Crippen molar-refractivity contribution in [3.63, 3.8) is 0 Å². The molecule has 2 rings (SSSR count). The summed E-state index contributed by atoms with van der Waals surface area (Å²) in [5.41, 5.74) is 9.07. The molecule has 0 bridgehead atoms. The van der Waals surface area contributed by atoms with E-state index in [4.69, 9.17) is 10.5 Å². The highest BCUT2D eigenvalue weighted by molar-refractivity contribution is 7.98. The molecule has 0 aliphatic carbocycles. The van der Waals surface area contributed by atoms with Crippen LogP contribution in [-0.4, -0.2) is 7.11 Å². The molecule has 2 N–H and O–H groups in total. The minimum Gasteiger partial charge on any atom is -0.497 e. The molecule has 0 unspecified atom stereocenters. The molecule has 0 aliphatic heterocycles. The van der Waals surface area contributed by atoms with Crippen LogP contribution in [-0.2, 0) is 5.75 Å². The second kappa shape index (κ2) is 5.83. The number of ether oxygens (including phenoxy) is 1. The van der Waals surface area contributed by atoms with E-state index in [1.54, 1.807) is 7.11 Å². The van der Waals surface area contributed by atoms with Crippen LogP contribution in [0.1, 0.15) is 11.1 Å². The smallest absolute Gasteiger partial charge is 0.121 e. The maximum absolute atomic E-state index is 5.84. The Balaban J connectivity index is 2.11. The first-order chi connectivity index (χ1) is 8.69. The van der Waals surface area contributed by atoms with Gasteiger partial charge in [0.25, 0.3) is 0 Å². The Morgan fingerprint density at radius 2 is 1.94 bits per heavy atom. The van der Waals surface area contributed by atoms with Gasteiger partial charge in [-0.2, -0.15) is 0 Å². The van der Waals surface area contributed by atoms with Crippen molar-refractivity contribution in [2.24, 2.45) is 0 Å². The molecule has 0 atom stereocenters. The summed E-state index contributed by atoms with van der Waals surface area (Å²) in [6.45, 7) is 2.13. The number of nitrogens with two attached hydrogens (primary N) is 1. The van der Waals surface area contributed by atoms with Gasteiger partial charge >= 0.3 is 0 Å². The summed E-state index contributed by atoms with van der Waals surface area (Å²) in [5.74, 6) is 1.71. The second-order valence-electron chi connectivity index (χ2n) is 4.17. The topological polar surface area (TPSA) is 35.2 Å². The largest absolute Gasteiger partial charge is 0.497 e. The van der Waals surface area contributed by atoms with Crippen molar-refractivity contribution in [3.05, 3.63) is 53.6 Å². The third-order valence-electron chi connectivity index (χ3n) is 2.71. The van der Waals surface area contributed by atoms with Crippen molar-refractivity contribution in [3.8, 4) is 5.75 Å². The summed E-state index contributed by atoms with van der Waals surface area (Å²) in [6.07, 6.45) is 0. The monoisotopic (exact) mass is 259 g/mol. The predicted molar refractivity (Wildman–Crippen MR) is 78.1 cm³/mol. The number of benzene rings is 2. The highest BCUT2D eigenvalue weighted by Gasteiger charge is 2.02. The highest BCUT2D eigenvalue weighted by atomic mass is 32.2. The molecule has 0 amide bonds. The van der Waals surface area contributed by atoms with Gasteiger partial charge in [-0.15, -0.1) is 11.8 Å². The van der Waals surface area contributed by atoms with Crippen molar-refractivity contribution in [1.29, 1.82) is 0 Å². The second-order valence-corrected chi connectivity index (χ2v) is 5.19. The number of rotatable bonds is 4. The fourth-order valence-corrected chi connectivity index (χ4v) is 2.73. The van der Waals surface area contributed by atoms with Crippen LogP contribution >= 0.6 is 11.8 Å². The van der Waals surface area contributed by atoms with Gasteiger partial charge in [0, 0.05) is 22.4 Å². The number of anilines is 1. The van der Waals surface area contributed by atoms with Crippen molar-refractivity contribution in [2.45, 2.75) is 17.6 Å². The normalized spacial score (nSPS) is 10.3. The highest BCUT2D eigenvalue weighted by Crippen LogP contribution is 2.28. The average Bonchev–Trinajstić information content (AvgIpc) is 2.37. The van der Waals surface area contributed by atoms with Crippen LogP contribution < -0.4 is 10.5 Å². The Morgan fingerprint density at radius 1 is 1.17 bits per heavy atom. The summed E-state index contributed by atoms with van der Waals surface area (Å²) in [5, 5.41) is 0. The molecular formula is C15H17NOS. The molecule has 0 saturated carbocycles. The standard InChI is InChI=1S/C15H17NOS/c1-11-5-3-4-6-15(11)18-10-12-7-13(16)9-14(8-12)17-2/h3-9H,10,16H2,1-2H3. The third kappa shape index (κ3) is 3.20. The SMILES string of the molecule is COc1cc(N)cc(CSc2ccccc2C)c1. The Labute approximate surface area is 112 Å². The summed E-state index contributed by atoms with van der Waals surface area (Å²) in [6, 6.07) is 14.3. The van der Waals surface area contributed by atoms with Crippen LogP contribution in [0.2, 0.25) is 0 Å². The summed E-state index contributed by atoms with van der Waals surface area (Å²) >= 11 is 1.82. The van der Waals surface area contributed by atoms with Crippen LogP contribution in [0.15, 0.2) is 47.4 Å². The molecule has 0 spiro atoms. The molecular weight excluding hydrogens is 242 g/mol. The molecule has 18 heavy (non-hydrogen) atoms. The van der Waals surface area contributed by atoms with Crippen LogP contribution in [0.5, 0.6) is 5.75 Å². The summed E-state index contributed by atoms with van der Waals surface area (Å²) in [4.78, 5) is 1.30. The lowest BCUT2D eigenvalue weighted by molar-refractivity contribution is 0.414. The van der Waals surface area contributed by atoms with Gasteiger partial charge in [-0.25, -0.2) is 0 Å². The number of aryl methyl sites for hydroxylation is 1. The van der Waals surface area contributed by atoms with E-state index in [9.17, 15) is 0 Å². The van der Waals surface area contributed by atoms with Gasteiger partial charge in [-0.05, 0) is 36.2 Å². The first-order valence-corrected chi connectivity index (χ1v) is 6.79. The van der Waals surface area contributed by atoms with Crippen molar-refractivity contribution < 1.29 is 4.74 Å². The lowest BCUT2D eigenvalue weighted by Crippen LogP contribution is -1.91. The van der Waals surface area contributed by atoms with Gasteiger partial charge in [0.15, 0.2) is 0 Å². The average molecular weight is 259 g/mol. The number of nitrogen functional groups attached to an aromatic ring is 1. The van der Waals surface area contributed by atoms with Crippen molar-refractivity contribution in [1.82, 2.24) is 0 Å². The van der Waals surface area contributed by atoms with E-state index in [0.717, 1.165) is 17.2 Å². The maximum atomic E-state index is 5.84. The molecule has 2 nitrogen and oxygen atoms in total. The molecule has 0 fully saturated rings. The van der Waals surface area contributed by atoms with Crippen LogP contribution in [0.4, 0.5) is 5.69 Å². The number of methoxy groups -OCH3 is 1. The van der Waals surface area contributed by atoms with Gasteiger partial charge in [-0.1, -0.05) is 18.2 Å². The Hall–Kier alpha value is -1.61. The van der Waals surface area contributed by atoms with Gasteiger partial charge in [0.1, 0.15) is 5.75 Å². The molecule has 2 aromatic carbocycles. The molecule has 3 heteroatoms. The van der Waals surface area contributed by atoms with Crippen molar-refractivity contribution >= 4 is 17.4 Å². The maximum Gasteiger partial charge on any atom is 0.121 e. The zero-order chi connectivity index (χ0) is 13.0. The number of hydrogen-bond acceptors (Lipinski definition) is 3. The molecule has 2 aromatic rings.